The van der Waals surface area contributed by atoms with E-state index in [1.807, 2.05) is 13.0 Å². The van der Waals surface area contributed by atoms with Crippen LogP contribution in [0.1, 0.15) is 19.0 Å². The highest BCUT2D eigenvalue weighted by atomic mass is 79.9. The first-order valence-corrected chi connectivity index (χ1v) is 8.05. The van der Waals surface area contributed by atoms with Crippen molar-refractivity contribution >= 4 is 54.8 Å². The highest BCUT2D eigenvalue weighted by Crippen LogP contribution is 2.36. The molecule has 2 heterocycles. The lowest BCUT2D eigenvalue weighted by Gasteiger charge is -2.03. The Balaban J connectivity index is 2.55. The van der Waals surface area contributed by atoms with Gasteiger partial charge in [0.25, 0.3) is 5.56 Å². The van der Waals surface area contributed by atoms with E-state index in [2.05, 4.69) is 41.8 Å². The zero-order valence-corrected chi connectivity index (χ0v) is 14.1. The molecule has 0 fully saturated rings. The molecule has 3 nitrogen and oxygen atoms in total. The van der Waals surface area contributed by atoms with Gasteiger partial charge < -0.3 is 4.98 Å². The molecule has 18 heavy (non-hydrogen) atoms. The number of hydrogen-bond acceptors (Lipinski definition) is 3. The molecule has 0 bridgehead atoms. The van der Waals surface area contributed by atoms with E-state index < -0.39 is 0 Å². The van der Waals surface area contributed by atoms with Crippen molar-refractivity contribution in [2.24, 2.45) is 0 Å². The third-order valence-electron chi connectivity index (χ3n) is 2.30. The Labute approximate surface area is 130 Å². The van der Waals surface area contributed by atoms with Crippen molar-refractivity contribution in [3.63, 3.8) is 0 Å². The highest BCUT2D eigenvalue weighted by Gasteiger charge is 2.13. The van der Waals surface area contributed by atoms with E-state index in [4.69, 9.17) is 11.6 Å². The van der Waals surface area contributed by atoms with Gasteiger partial charge in [-0.1, -0.05) is 24.9 Å². The fraction of sp³-hybridized carbons (Fsp3) is 0.273. The first-order chi connectivity index (χ1) is 8.52. The van der Waals surface area contributed by atoms with Gasteiger partial charge in [-0.3, -0.25) is 4.79 Å². The lowest BCUT2D eigenvalue weighted by molar-refractivity contribution is 0.862. The quantitative estimate of drug-likeness (QED) is 0.799. The number of nitrogens with zero attached hydrogens (tertiary/aromatic N) is 1. The fourth-order valence-electron chi connectivity index (χ4n) is 1.49. The molecule has 0 aliphatic rings. The Morgan fingerprint density at radius 1 is 1.50 bits per heavy atom. The van der Waals surface area contributed by atoms with Gasteiger partial charge in [0.2, 0.25) is 0 Å². The van der Waals surface area contributed by atoms with Crippen LogP contribution in [0.2, 0.25) is 4.34 Å². The Bertz CT molecular complexity index is 619. The van der Waals surface area contributed by atoms with Gasteiger partial charge in [-0.15, -0.1) is 11.3 Å². The van der Waals surface area contributed by atoms with Gasteiger partial charge >= 0.3 is 0 Å². The molecule has 0 unspecified atom stereocenters. The van der Waals surface area contributed by atoms with Crippen molar-refractivity contribution in [2.75, 3.05) is 0 Å². The topological polar surface area (TPSA) is 45.8 Å². The summed E-state index contributed by atoms with van der Waals surface area (Å²) < 4.78 is 1.97. The summed E-state index contributed by atoms with van der Waals surface area (Å²) in [7, 11) is 0. The number of H-pyrrole nitrogens is 1. The predicted octanol–water partition coefficient (Wildman–Crippen LogP) is 4.63. The lowest BCUT2D eigenvalue weighted by atomic mass is 10.2. The molecule has 0 radical (unpaired) electrons. The van der Waals surface area contributed by atoms with Crippen molar-refractivity contribution in [1.29, 1.82) is 0 Å². The molecule has 0 aromatic carbocycles. The maximum atomic E-state index is 11.8. The van der Waals surface area contributed by atoms with E-state index >= 15 is 0 Å². The molecule has 0 amide bonds. The Hall–Kier alpha value is -0.170. The summed E-state index contributed by atoms with van der Waals surface area (Å²) in [6.45, 7) is 2.05. The summed E-state index contributed by atoms with van der Waals surface area (Å²) in [5.74, 6) is 0.559. The third kappa shape index (κ3) is 2.87. The molecule has 2 aromatic heterocycles. The predicted molar refractivity (Wildman–Crippen MR) is 82.6 cm³/mol. The van der Waals surface area contributed by atoms with Gasteiger partial charge in [-0.25, -0.2) is 4.98 Å². The van der Waals surface area contributed by atoms with E-state index in [1.54, 1.807) is 0 Å². The van der Waals surface area contributed by atoms with Crippen LogP contribution in [0.4, 0.5) is 0 Å². The van der Waals surface area contributed by atoms with Gasteiger partial charge in [-0.2, -0.15) is 0 Å². The van der Waals surface area contributed by atoms with Crippen molar-refractivity contribution in [1.82, 2.24) is 9.97 Å². The number of aromatic nitrogens is 2. The minimum Gasteiger partial charge on any atom is -0.305 e. The summed E-state index contributed by atoms with van der Waals surface area (Å²) in [5.41, 5.74) is 0.612. The van der Waals surface area contributed by atoms with Crippen LogP contribution in [0, 0.1) is 0 Å². The molecule has 0 saturated heterocycles. The summed E-state index contributed by atoms with van der Waals surface area (Å²) in [6, 6.07) is 1.86. The number of hydrogen-bond donors (Lipinski definition) is 1. The molecule has 2 aromatic rings. The zero-order valence-electron chi connectivity index (χ0n) is 9.39. The number of halogens is 3. The van der Waals surface area contributed by atoms with Crippen LogP contribution in [-0.2, 0) is 6.42 Å². The molecule has 2 rings (SSSR count). The second-order valence-electron chi connectivity index (χ2n) is 3.66. The second kappa shape index (κ2) is 5.86. The molecule has 0 spiro atoms. The lowest BCUT2D eigenvalue weighted by Crippen LogP contribution is -2.13. The van der Waals surface area contributed by atoms with Gasteiger partial charge in [0.05, 0.1) is 10.6 Å². The van der Waals surface area contributed by atoms with Crippen molar-refractivity contribution in [2.45, 2.75) is 19.8 Å². The number of nitrogens with one attached hydrogen (secondary N) is 1. The van der Waals surface area contributed by atoms with E-state index in [1.165, 1.54) is 11.3 Å². The monoisotopic (exact) mass is 410 g/mol. The van der Waals surface area contributed by atoms with Crippen LogP contribution < -0.4 is 5.56 Å². The standard InChI is InChI=1S/C11H9Br2ClN2OS/c1-2-3-6-8(13)11(17)16-10(15-6)7-4-5(12)9(14)18-7/h4H,2-3H2,1H3,(H,15,16,17). The minimum atomic E-state index is -0.163. The zero-order chi connectivity index (χ0) is 13.3. The number of aromatic amines is 1. The first-order valence-electron chi connectivity index (χ1n) is 5.26. The molecule has 96 valence electrons. The Morgan fingerprint density at radius 3 is 2.78 bits per heavy atom. The van der Waals surface area contributed by atoms with Gasteiger partial charge in [0.15, 0.2) is 5.82 Å². The summed E-state index contributed by atoms with van der Waals surface area (Å²) in [4.78, 5) is 19.9. The Kier molecular flexibility index (Phi) is 4.64. The largest absolute Gasteiger partial charge is 0.305 e. The maximum Gasteiger partial charge on any atom is 0.265 e. The summed E-state index contributed by atoms with van der Waals surface area (Å²) in [6.07, 6.45) is 1.70. The van der Waals surface area contributed by atoms with Gasteiger partial charge in [0, 0.05) is 4.47 Å². The van der Waals surface area contributed by atoms with Crippen molar-refractivity contribution in [3.8, 4) is 10.7 Å². The van der Waals surface area contributed by atoms with Crippen LogP contribution in [-0.4, -0.2) is 9.97 Å². The molecule has 0 aliphatic carbocycles. The minimum absolute atomic E-state index is 0.163. The van der Waals surface area contributed by atoms with Crippen LogP contribution in [0.3, 0.4) is 0 Å². The fourth-order valence-corrected chi connectivity index (χ4v) is 3.52. The van der Waals surface area contributed by atoms with Gasteiger partial charge in [-0.05, 0) is 44.3 Å². The third-order valence-corrected chi connectivity index (χ3v) is 5.60. The second-order valence-corrected chi connectivity index (χ2v) is 6.96. The van der Waals surface area contributed by atoms with E-state index in [0.29, 0.717) is 14.6 Å². The maximum absolute atomic E-state index is 11.8. The first kappa shape index (κ1) is 14.2. The smallest absolute Gasteiger partial charge is 0.265 e. The normalized spacial score (nSPS) is 10.9. The van der Waals surface area contributed by atoms with Crippen molar-refractivity contribution in [3.05, 3.63) is 35.4 Å². The molecular weight excluding hydrogens is 403 g/mol. The van der Waals surface area contributed by atoms with E-state index in [9.17, 15) is 4.79 Å². The van der Waals surface area contributed by atoms with Crippen LogP contribution in [0.15, 0.2) is 19.8 Å². The average Bonchev–Trinajstić information content (AvgIpc) is 2.65. The number of aryl methyl sites for hydroxylation is 1. The SMILES string of the molecule is CCCc1nc(-c2cc(Br)c(Cl)s2)[nH]c(=O)c1Br. The summed E-state index contributed by atoms with van der Waals surface area (Å²) >= 11 is 14.0. The molecule has 0 aliphatic heterocycles. The van der Waals surface area contributed by atoms with E-state index in [-0.39, 0.29) is 5.56 Å². The van der Waals surface area contributed by atoms with Gasteiger partial charge in [0.1, 0.15) is 8.81 Å². The number of rotatable bonds is 3. The van der Waals surface area contributed by atoms with E-state index in [0.717, 1.165) is 27.9 Å². The average molecular weight is 413 g/mol. The van der Waals surface area contributed by atoms with Crippen LogP contribution in [0.5, 0.6) is 0 Å². The number of thiophene rings is 1. The Morgan fingerprint density at radius 2 is 2.22 bits per heavy atom. The van der Waals surface area contributed by atoms with Crippen LogP contribution >= 0.6 is 54.8 Å². The molecular formula is C11H9Br2ClN2OS. The molecule has 1 N–H and O–H groups in total. The molecule has 7 heteroatoms. The van der Waals surface area contributed by atoms with Crippen molar-refractivity contribution < 1.29 is 0 Å². The highest BCUT2D eigenvalue weighted by molar-refractivity contribution is 9.10. The van der Waals surface area contributed by atoms with Crippen LogP contribution in [0.25, 0.3) is 10.7 Å². The molecule has 0 atom stereocenters. The summed E-state index contributed by atoms with van der Waals surface area (Å²) in [5, 5.41) is 0. The molecule has 0 saturated carbocycles.